The first-order chi connectivity index (χ1) is 13.3. The van der Waals surface area contributed by atoms with Gasteiger partial charge < -0.3 is 4.90 Å². The molecule has 1 saturated carbocycles. The fourth-order valence-electron chi connectivity index (χ4n) is 5.20. The third kappa shape index (κ3) is 3.46. The number of nitrogens with zero attached hydrogens (tertiary/aromatic N) is 4. The fourth-order valence-corrected chi connectivity index (χ4v) is 5.20. The van der Waals surface area contributed by atoms with Crippen LogP contribution in [0.2, 0.25) is 0 Å². The van der Waals surface area contributed by atoms with Crippen molar-refractivity contribution in [2.24, 2.45) is 10.8 Å². The Balaban J connectivity index is 1.65. The van der Waals surface area contributed by atoms with Crippen LogP contribution in [0.1, 0.15) is 40.0 Å². The zero-order chi connectivity index (χ0) is 19.9. The molecule has 148 valence electrons. The molecule has 0 radical (unpaired) electrons. The molecule has 2 bridgehead atoms. The smallest absolute Gasteiger partial charge is 0.347 e. The third-order valence-corrected chi connectivity index (χ3v) is 5.77. The SMILES string of the molecule is CC1(C)CC2CC(C)(CN2c2ncnc(NNc3ccccc3)c2[N+](=O)[O-])C1. The minimum Gasteiger partial charge on any atom is -0.347 e. The van der Waals surface area contributed by atoms with E-state index >= 15 is 0 Å². The highest BCUT2D eigenvalue weighted by atomic mass is 16.6. The summed E-state index contributed by atoms with van der Waals surface area (Å²) in [6.07, 6.45) is 4.57. The first kappa shape index (κ1) is 18.5. The van der Waals surface area contributed by atoms with Gasteiger partial charge in [0.25, 0.3) is 0 Å². The monoisotopic (exact) mass is 382 g/mol. The molecular formula is C20H26N6O2. The molecule has 2 aromatic rings. The average molecular weight is 382 g/mol. The average Bonchev–Trinajstić information content (AvgIpc) is 2.89. The van der Waals surface area contributed by atoms with Gasteiger partial charge >= 0.3 is 5.69 Å². The topological polar surface area (TPSA) is 96.2 Å². The lowest BCUT2D eigenvalue weighted by molar-refractivity contribution is -0.383. The van der Waals surface area contributed by atoms with Gasteiger partial charge in [-0.05, 0) is 42.2 Å². The van der Waals surface area contributed by atoms with Crippen molar-refractivity contribution in [2.75, 3.05) is 22.3 Å². The Kier molecular flexibility index (Phi) is 4.36. The van der Waals surface area contributed by atoms with E-state index in [0.29, 0.717) is 5.82 Å². The van der Waals surface area contributed by atoms with Gasteiger partial charge in [0.2, 0.25) is 11.6 Å². The molecule has 4 rings (SSSR count). The summed E-state index contributed by atoms with van der Waals surface area (Å²) in [6.45, 7) is 7.63. The summed E-state index contributed by atoms with van der Waals surface area (Å²) in [5.74, 6) is 0.577. The molecule has 8 heteroatoms. The van der Waals surface area contributed by atoms with Gasteiger partial charge in [-0.3, -0.25) is 21.0 Å². The molecule has 8 nitrogen and oxygen atoms in total. The summed E-state index contributed by atoms with van der Waals surface area (Å²) in [5, 5.41) is 11.9. The van der Waals surface area contributed by atoms with Gasteiger partial charge in [-0.15, -0.1) is 0 Å². The highest BCUT2D eigenvalue weighted by molar-refractivity contribution is 5.72. The minimum atomic E-state index is -0.389. The fraction of sp³-hybridized carbons (Fsp3) is 0.500. The summed E-state index contributed by atoms with van der Waals surface area (Å²) < 4.78 is 0. The van der Waals surface area contributed by atoms with Crippen molar-refractivity contribution in [3.05, 3.63) is 46.8 Å². The second kappa shape index (κ2) is 6.61. The highest BCUT2D eigenvalue weighted by Crippen LogP contribution is 2.54. The number of fused-ring (bicyclic) bond motifs is 2. The lowest BCUT2D eigenvalue weighted by Crippen LogP contribution is -2.35. The number of anilines is 3. The van der Waals surface area contributed by atoms with E-state index in [9.17, 15) is 10.1 Å². The first-order valence-corrected chi connectivity index (χ1v) is 9.60. The molecule has 1 aliphatic heterocycles. The first-order valence-electron chi connectivity index (χ1n) is 9.60. The number of aromatic nitrogens is 2. The van der Waals surface area contributed by atoms with Gasteiger partial charge in [-0.2, -0.15) is 0 Å². The molecule has 28 heavy (non-hydrogen) atoms. The number of para-hydroxylation sites is 1. The molecule has 2 unspecified atom stereocenters. The third-order valence-electron chi connectivity index (χ3n) is 5.77. The van der Waals surface area contributed by atoms with Crippen molar-refractivity contribution in [1.82, 2.24) is 9.97 Å². The van der Waals surface area contributed by atoms with Crippen LogP contribution in [0.5, 0.6) is 0 Å². The van der Waals surface area contributed by atoms with Crippen molar-refractivity contribution < 1.29 is 4.92 Å². The molecule has 1 saturated heterocycles. The Hall–Kier alpha value is -2.90. The molecule has 2 atom stereocenters. The Bertz CT molecular complexity index is 888. The van der Waals surface area contributed by atoms with Crippen LogP contribution < -0.4 is 15.8 Å². The Morgan fingerprint density at radius 1 is 1.14 bits per heavy atom. The number of hydrogen-bond acceptors (Lipinski definition) is 7. The predicted octanol–water partition coefficient (Wildman–Crippen LogP) is 4.23. The maximum Gasteiger partial charge on any atom is 0.355 e. The Morgan fingerprint density at radius 2 is 1.89 bits per heavy atom. The summed E-state index contributed by atoms with van der Waals surface area (Å²) in [6, 6.07) is 9.68. The van der Waals surface area contributed by atoms with Gasteiger partial charge in [-0.1, -0.05) is 39.0 Å². The van der Waals surface area contributed by atoms with Crippen LogP contribution in [0.4, 0.5) is 23.0 Å². The molecular weight excluding hydrogens is 356 g/mol. The highest BCUT2D eigenvalue weighted by Gasteiger charge is 2.51. The van der Waals surface area contributed by atoms with E-state index in [1.165, 1.54) is 6.33 Å². The van der Waals surface area contributed by atoms with Crippen LogP contribution in [-0.2, 0) is 0 Å². The van der Waals surface area contributed by atoms with Crippen LogP contribution in [-0.4, -0.2) is 27.5 Å². The van der Waals surface area contributed by atoms with Gasteiger partial charge in [0.05, 0.1) is 10.6 Å². The Morgan fingerprint density at radius 3 is 2.61 bits per heavy atom. The molecule has 1 aromatic carbocycles. The summed E-state index contributed by atoms with van der Waals surface area (Å²) in [4.78, 5) is 22.1. The minimum absolute atomic E-state index is 0.0834. The maximum absolute atomic E-state index is 11.9. The van der Waals surface area contributed by atoms with E-state index in [0.717, 1.165) is 31.5 Å². The number of benzene rings is 1. The van der Waals surface area contributed by atoms with E-state index in [4.69, 9.17) is 0 Å². The molecule has 2 heterocycles. The lowest BCUT2D eigenvalue weighted by atomic mass is 9.65. The molecule has 2 aliphatic rings. The molecule has 1 aromatic heterocycles. The van der Waals surface area contributed by atoms with E-state index in [2.05, 4.69) is 46.5 Å². The maximum atomic E-state index is 11.9. The van der Waals surface area contributed by atoms with Crippen LogP contribution in [0, 0.1) is 20.9 Å². The van der Waals surface area contributed by atoms with Crippen molar-refractivity contribution in [3.63, 3.8) is 0 Å². The summed E-state index contributed by atoms with van der Waals surface area (Å²) >= 11 is 0. The standard InChI is InChI=1S/C20H26N6O2/c1-19(2)9-15-10-20(3,11-19)12-25(15)18-16(26(27)28)17(21-13-22-18)24-23-14-7-5-4-6-8-14/h4-8,13,15,23H,9-12H2,1-3H3,(H,21,22,24). The molecule has 2 fully saturated rings. The normalized spacial score (nSPS) is 25.4. The van der Waals surface area contributed by atoms with Crippen LogP contribution >= 0.6 is 0 Å². The number of nitrogens with one attached hydrogen (secondary N) is 2. The van der Waals surface area contributed by atoms with Gasteiger partial charge in [0, 0.05) is 12.6 Å². The number of nitro groups is 1. The largest absolute Gasteiger partial charge is 0.355 e. The molecule has 0 spiro atoms. The van der Waals surface area contributed by atoms with E-state index in [-0.39, 0.29) is 33.3 Å². The van der Waals surface area contributed by atoms with E-state index in [1.54, 1.807) is 0 Å². The zero-order valence-electron chi connectivity index (χ0n) is 16.5. The van der Waals surface area contributed by atoms with Gasteiger partial charge in [0.1, 0.15) is 6.33 Å². The lowest BCUT2D eigenvalue weighted by Gasteiger charge is -2.39. The quantitative estimate of drug-likeness (QED) is 0.590. The predicted molar refractivity (Wildman–Crippen MR) is 109 cm³/mol. The van der Waals surface area contributed by atoms with E-state index < -0.39 is 0 Å². The zero-order valence-corrected chi connectivity index (χ0v) is 16.5. The summed E-state index contributed by atoms with van der Waals surface area (Å²) in [7, 11) is 0. The molecule has 1 aliphatic carbocycles. The van der Waals surface area contributed by atoms with Crippen molar-refractivity contribution in [3.8, 4) is 0 Å². The number of hydrazine groups is 1. The van der Waals surface area contributed by atoms with Crippen LogP contribution in [0.25, 0.3) is 0 Å². The van der Waals surface area contributed by atoms with Crippen LogP contribution in [0.15, 0.2) is 36.7 Å². The Labute approximate surface area is 164 Å². The summed E-state index contributed by atoms with van der Waals surface area (Å²) in [5.41, 5.74) is 6.96. The second-order valence-electron chi connectivity index (χ2n) is 9.11. The van der Waals surface area contributed by atoms with Crippen LogP contribution in [0.3, 0.4) is 0 Å². The number of hydrogen-bond donors (Lipinski definition) is 2. The number of rotatable bonds is 5. The van der Waals surface area contributed by atoms with Gasteiger partial charge in [-0.25, -0.2) is 9.97 Å². The van der Waals surface area contributed by atoms with Crippen molar-refractivity contribution >= 4 is 23.0 Å². The van der Waals surface area contributed by atoms with E-state index in [1.807, 2.05) is 30.3 Å². The van der Waals surface area contributed by atoms with Crippen molar-refractivity contribution in [2.45, 2.75) is 46.1 Å². The molecule has 2 N–H and O–H groups in total. The molecule has 0 amide bonds. The second-order valence-corrected chi connectivity index (χ2v) is 9.11. The van der Waals surface area contributed by atoms with Gasteiger partial charge in [0.15, 0.2) is 0 Å². The van der Waals surface area contributed by atoms with Crippen molar-refractivity contribution in [1.29, 1.82) is 0 Å².